The smallest absolute Gasteiger partial charge is 0.326 e. The minimum absolute atomic E-state index is 0.277. The Morgan fingerprint density at radius 2 is 1.86 bits per heavy atom. The Balaban J connectivity index is 2.56. The molecule has 0 saturated carbocycles. The van der Waals surface area contributed by atoms with E-state index >= 15 is 0 Å². The van der Waals surface area contributed by atoms with Crippen molar-refractivity contribution in [1.82, 2.24) is 10.6 Å². The predicted molar refractivity (Wildman–Crippen MR) is 76.4 cm³/mol. The molecule has 7 heteroatoms. The first-order valence-electron chi connectivity index (χ1n) is 6.56. The minimum atomic E-state index is -1.33. The van der Waals surface area contributed by atoms with Gasteiger partial charge >= 0.3 is 12.0 Å². The number of carboxylic acid groups (broad SMARTS) is 1. The second-order valence-corrected chi connectivity index (χ2v) is 4.51. The highest BCUT2D eigenvalue weighted by Gasteiger charge is 2.21. The second kappa shape index (κ2) is 7.88. The van der Waals surface area contributed by atoms with E-state index in [-0.39, 0.29) is 6.54 Å². The van der Waals surface area contributed by atoms with Crippen LogP contribution in [0.3, 0.4) is 0 Å². The van der Waals surface area contributed by atoms with Crippen molar-refractivity contribution >= 4 is 17.9 Å². The zero-order valence-electron chi connectivity index (χ0n) is 11.8. The molecule has 1 rings (SSSR count). The Kier molecular flexibility index (Phi) is 6.19. The van der Waals surface area contributed by atoms with Crippen molar-refractivity contribution in [2.45, 2.75) is 32.4 Å². The maximum Gasteiger partial charge on any atom is 0.326 e. The van der Waals surface area contributed by atoms with Gasteiger partial charge in [-0.05, 0) is 17.5 Å². The molecule has 0 heterocycles. The Morgan fingerprint density at radius 3 is 2.38 bits per heavy atom. The van der Waals surface area contributed by atoms with E-state index in [9.17, 15) is 14.4 Å². The van der Waals surface area contributed by atoms with Crippen LogP contribution in [0.5, 0.6) is 0 Å². The molecule has 5 N–H and O–H groups in total. The van der Waals surface area contributed by atoms with E-state index in [1.165, 1.54) is 0 Å². The Morgan fingerprint density at radius 1 is 1.24 bits per heavy atom. The van der Waals surface area contributed by atoms with Gasteiger partial charge < -0.3 is 21.5 Å². The fraction of sp³-hybridized carbons (Fsp3) is 0.357. The van der Waals surface area contributed by atoms with Crippen LogP contribution in [0.4, 0.5) is 4.79 Å². The van der Waals surface area contributed by atoms with Crippen molar-refractivity contribution in [3.8, 4) is 0 Å². The largest absolute Gasteiger partial charge is 0.480 e. The first-order valence-corrected chi connectivity index (χ1v) is 6.56. The molecule has 1 aromatic carbocycles. The lowest BCUT2D eigenvalue weighted by atomic mass is 10.1. The zero-order valence-corrected chi connectivity index (χ0v) is 11.8. The molecule has 3 amide bonds. The van der Waals surface area contributed by atoms with E-state index in [2.05, 4.69) is 10.6 Å². The van der Waals surface area contributed by atoms with Crippen LogP contribution < -0.4 is 16.4 Å². The van der Waals surface area contributed by atoms with Gasteiger partial charge in [0.15, 0.2) is 0 Å². The summed E-state index contributed by atoms with van der Waals surface area (Å²) < 4.78 is 0. The number of aryl methyl sites for hydroxylation is 1. The van der Waals surface area contributed by atoms with Crippen LogP contribution in [-0.4, -0.2) is 29.1 Å². The first-order chi connectivity index (χ1) is 9.93. The fourth-order valence-corrected chi connectivity index (χ4v) is 1.86. The molecule has 114 valence electrons. The number of carbonyl (C=O) groups is 3. The summed E-state index contributed by atoms with van der Waals surface area (Å²) >= 11 is 0. The average Bonchev–Trinajstić information content (AvgIpc) is 2.44. The molecule has 0 spiro atoms. The number of hydrogen-bond donors (Lipinski definition) is 4. The van der Waals surface area contributed by atoms with Gasteiger partial charge in [0.1, 0.15) is 6.04 Å². The maximum atomic E-state index is 11.7. The van der Waals surface area contributed by atoms with Crippen LogP contribution in [0.15, 0.2) is 24.3 Å². The Hall–Kier alpha value is -2.57. The molecule has 0 aliphatic rings. The highest BCUT2D eigenvalue weighted by Crippen LogP contribution is 2.08. The Bertz CT molecular complexity index is 531. The summed E-state index contributed by atoms with van der Waals surface area (Å²) in [5.41, 5.74) is 6.99. The van der Waals surface area contributed by atoms with Gasteiger partial charge in [0.25, 0.3) is 0 Å². The molecule has 0 radical (unpaired) electrons. The summed E-state index contributed by atoms with van der Waals surface area (Å²) in [6.45, 7) is 2.28. The molecule has 0 fully saturated rings. The van der Waals surface area contributed by atoms with Crippen LogP contribution in [0.2, 0.25) is 0 Å². The van der Waals surface area contributed by atoms with Crippen LogP contribution >= 0.6 is 0 Å². The van der Waals surface area contributed by atoms with Crippen molar-refractivity contribution in [2.24, 2.45) is 5.73 Å². The molecule has 1 atom stereocenters. The summed E-state index contributed by atoms with van der Waals surface area (Å²) in [5, 5.41) is 13.7. The number of carbonyl (C=O) groups excluding carboxylic acids is 2. The van der Waals surface area contributed by atoms with Crippen molar-refractivity contribution < 1.29 is 19.5 Å². The number of benzene rings is 1. The van der Waals surface area contributed by atoms with E-state index in [4.69, 9.17) is 10.8 Å². The highest BCUT2D eigenvalue weighted by atomic mass is 16.4. The standard InChI is InChI=1S/C14H19N3O4/c1-2-9-5-3-4-6-10(9)8-16-14(21)17-11(13(19)20)7-12(15)18/h3-6,11H,2,7-8H2,1H3,(H2,15,18)(H,19,20)(H2,16,17,21)/t11-/m0/s1. The van der Waals surface area contributed by atoms with E-state index in [0.29, 0.717) is 0 Å². The summed E-state index contributed by atoms with van der Waals surface area (Å²) in [6.07, 6.45) is 0.382. The van der Waals surface area contributed by atoms with Crippen LogP contribution in [0.25, 0.3) is 0 Å². The summed E-state index contributed by atoms with van der Waals surface area (Å²) in [4.78, 5) is 33.3. The van der Waals surface area contributed by atoms with Crippen LogP contribution in [0, 0.1) is 0 Å². The zero-order chi connectivity index (χ0) is 15.8. The average molecular weight is 293 g/mol. The number of urea groups is 1. The van der Waals surface area contributed by atoms with Gasteiger partial charge in [-0.3, -0.25) is 4.79 Å². The third-order valence-electron chi connectivity index (χ3n) is 2.95. The second-order valence-electron chi connectivity index (χ2n) is 4.51. The number of primary amides is 1. The van der Waals surface area contributed by atoms with Gasteiger partial charge in [0.2, 0.25) is 5.91 Å². The van der Waals surface area contributed by atoms with Crippen molar-refractivity contribution in [3.05, 3.63) is 35.4 Å². The van der Waals surface area contributed by atoms with Gasteiger partial charge in [-0.2, -0.15) is 0 Å². The highest BCUT2D eigenvalue weighted by molar-refractivity contribution is 5.87. The van der Waals surface area contributed by atoms with Crippen molar-refractivity contribution in [3.63, 3.8) is 0 Å². The van der Waals surface area contributed by atoms with Gasteiger partial charge in [-0.25, -0.2) is 9.59 Å². The normalized spacial score (nSPS) is 11.5. The van der Waals surface area contributed by atoms with E-state index in [1.54, 1.807) is 0 Å². The molecule has 0 bridgehead atoms. The first kappa shape index (κ1) is 16.5. The summed E-state index contributed by atoms with van der Waals surface area (Å²) in [6, 6.07) is 5.63. The molecule has 0 aliphatic carbocycles. The molecule has 0 aliphatic heterocycles. The van der Waals surface area contributed by atoms with Gasteiger partial charge in [0.05, 0.1) is 6.42 Å². The third kappa shape index (κ3) is 5.52. The molecule has 1 aromatic rings. The van der Waals surface area contributed by atoms with Crippen molar-refractivity contribution in [1.29, 1.82) is 0 Å². The monoisotopic (exact) mass is 293 g/mol. The van der Waals surface area contributed by atoms with E-state index in [0.717, 1.165) is 17.5 Å². The van der Waals surface area contributed by atoms with Crippen LogP contribution in [0.1, 0.15) is 24.5 Å². The van der Waals surface area contributed by atoms with Gasteiger partial charge in [0, 0.05) is 6.54 Å². The summed E-state index contributed by atoms with van der Waals surface area (Å²) in [5.74, 6) is -2.10. The SMILES string of the molecule is CCc1ccccc1CNC(=O)N[C@@H](CC(N)=O)C(=O)O. The quantitative estimate of drug-likeness (QED) is 0.580. The lowest BCUT2D eigenvalue weighted by Gasteiger charge is -2.14. The maximum absolute atomic E-state index is 11.7. The molecule has 7 nitrogen and oxygen atoms in total. The number of rotatable bonds is 7. The van der Waals surface area contributed by atoms with E-state index < -0.39 is 30.4 Å². The van der Waals surface area contributed by atoms with Gasteiger partial charge in [-0.15, -0.1) is 0 Å². The van der Waals surface area contributed by atoms with Crippen molar-refractivity contribution in [2.75, 3.05) is 0 Å². The van der Waals surface area contributed by atoms with Crippen LogP contribution in [-0.2, 0) is 22.6 Å². The summed E-state index contributed by atoms with van der Waals surface area (Å²) in [7, 11) is 0. The minimum Gasteiger partial charge on any atom is -0.480 e. The number of amides is 3. The number of nitrogens with two attached hydrogens (primary N) is 1. The number of nitrogens with one attached hydrogen (secondary N) is 2. The molecule has 0 saturated heterocycles. The molecule has 21 heavy (non-hydrogen) atoms. The lowest BCUT2D eigenvalue weighted by Crippen LogP contribution is -2.47. The Labute approximate surface area is 122 Å². The predicted octanol–water partition coefficient (Wildman–Crippen LogP) is 0.377. The topological polar surface area (TPSA) is 122 Å². The molecular formula is C14H19N3O4. The third-order valence-corrected chi connectivity index (χ3v) is 2.95. The lowest BCUT2D eigenvalue weighted by molar-refractivity contribution is -0.140. The molecule has 0 unspecified atom stereocenters. The van der Waals surface area contributed by atoms with E-state index in [1.807, 2.05) is 31.2 Å². The molecular weight excluding hydrogens is 274 g/mol. The number of aliphatic carboxylic acids is 1. The number of hydrogen-bond acceptors (Lipinski definition) is 3. The fourth-order valence-electron chi connectivity index (χ4n) is 1.86. The number of carboxylic acids is 1. The molecule has 0 aromatic heterocycles. The van der Waals surface area contributed by atoms with Gasteiger partial charge in [-0.1, -0.05) is 31.2 Å².